The van der Waals surface area contributed by atoms with Gasteiger partial charge in [0.1, 0.15) is 0 Å². The zero-order valence-corrected chi connectivity index (χ0v) is 10.6. The van der Waals surface area contributed by atoms with Crippen LogP contribution in [0.4, 0.5) is 5.69 Å². The van der Waals surface area contributed by atoms with E-state index in [1.165, 1.54) is 36.1 Å². The zero-order valence-electron chi connectivity index (χ0n) is 10.6. The Kier molecular flexibility index (Phi) is 3.49. The van der Waals surface area contributed by atoms with E-state index in [1.807, 2.05) is 7.05 Å². The lowest BCUT2D eigenvalue weighted by atomic mass is 10.0. The van der Waals surface area contributed by atoms with Crippen LogP contribution in [0.3, 0.4) is 0 Å². The van der Waals surface area contributed by atoms with Crippen molar-refractivity contribution in [2.24, 2.45) is 0 Å². The number of anilines is 1. The first kappa shape index (κ1) is 11.5. The highest BCUT2D eigenvalue weighted by Gasteiger charge is 2.22. The lowest BCUT2D eigenvalue weighted by Crippen LogP contribution is -2.23. The molecule has 0 radical (unpaired) electrons. The number of aryl methyl sites for hydroxylation is 1. The van der Waals surface area contributed by atoms with Gasteiger partial charge in [-0.2, -0.15) is 0 Å². The first-order valence-corrected chi connectivity index (χ1v) is 6.21. The van der Waals surface area contributed by atoms with Gasteiger partial charge in [-0.3, -0.25) is 0 Å². The number of rotatable bonds is 4. The molecule has 2 rings (SSSR count). The standard InChI is InChI=1S/C14H22N2/c1-11-9-13-10-12(5-4-8-15-2)6-7-14(13)16(11)3/h6-7,10-11,15H,4-5,8-9H2,1-3H3. The fraction of sp³-hybridized carbons (Fsp3) is 0.571. The fourth-order valence-electron chi connectivity index (χ4n) is 2.46. The summed E-state index contributed by atoms with van der Waals surface area (Å²) >= 11 is 0. The van der Waals surface area contributed by atoms with Crippen LogP contribution in [0, 0.1) is 0 Å². The molecule has 0 fully saturated rings. The number of hydrogen-bond donors (Lipinski definition) is 1. The highest BCUT2D eigenvalue weighted by atomic mass is 15.1. The Hall–Kier alpha value is -1.02. The molecule has 0 bridgehead atoms. The van der Waals surface area contributed by atoms with E-state index in [0.717, 1.165) is 6.54 Å². The van der Waals surface area contributed by atoms with Crippen LogP contribution in [0.1, 0.15) is 24.5 Å². The number of benzene rings is 1. The highest BCUT2D eigenvalue weighted by molar-refractivity contribution is 5.59. The average molecular weight is 218 g/mol. The summed E-state index contributed by atoms with van der Waals surface area (Å²) in [7, 11) is 4.20. The predicted molar refractivity (Wildman–Crippen MR) is 70.3 cm³/mol. The van der Waals surface area contributed by atoms with Gasteiger partial charge in [0.15, 0.2) is 0 Å². The SMILES string of the molecule is CNCCCc1ccc2c(c1)CC(C)N2C. The summed E-state index contributed by atoms with van der Waals surface area (Å²) in [6, 6.07) is 7.62. The molecule has 1 aromatic carbocycles. The smallest absolute Gasteiger partial charge is 0.0399 e. The van der Waals surface area contributed by atoms with E-state index >= 15 is 0 Å². The molecule has 0 saturated carbocycles. The van der Waals surface area contributed by atoms with Gasteiger partial charge in [-0.25, -0.2) is 0 Å². The normalized spacial score (nSPS) is 18.9. The zero-order chi connectivity index (χ0) is 11.5. The molecule has 1 heterocycles. The second-order valence-corrected chi connectivity index (χ2v) is 4.83. The molecule has 1 aromatic rings. The molecule has 0 amide bonds. The molecule has 1 unspecified atom stereocenters. The lowest BCUT2D eigenvalue weighted by molar-refractivity contribution is 0.723. The molecule has 0 saturated heterocycles. The Morgan fingerprint density at radius 1 is 1.44 bits per heavy atom. The molecule has 16 heavy (non-hydrogen) atoms. The van der Waals surface area contributed by atoms with E-state index in [2.05, 4.69) is 42.4 Å². The molecule has 1 N–H and O–H groups in total. The van der Waals surface area contributed by atoms with Crippen LogP contribution in [0.5, 0.6) is 0 Å². The lowest BCUT2D eigenvalue weighted by Gasteiger charge is -2.18. The molecule has 2 heteroatoms. The van der Waals surface area contributed by atoms with E-state index in [0.29, 0.717) is 6.04 Å². The largest absolute Gasteiger partial charge is 0.371 e. The van der Waals surface area contributed by atoms with E-state index in [-0.39, 0.29) is 0 Å². The van der Waals surface area contributed by atoms with Crippen molar-refractivity contribution < 1.29 is 0 Å². The van der Waals surface area contributed by atoms with Crippen LogP contribution in [0.25, 0.3) is 0 Å². The molecule has 0 aliphatic carbocycles. The maximum absolute atomic E-state index is 3.20. The van der Waals surface area contributed by atoms with Crippen molar-refractivity contribution in [3.63, 3.8) is 0 Å². The van der Waals surface area contributed by atoms with Gasteiger partial charge in [0.2, 0.25) is 0 Å². The molecule has 1 aliphatic rings. The molecule has 1 aliphatic heterocycles. The topological polar surface area (TPSA) is 15.3 Å². The van der Waals surface area contributed by atoms with Crippen molar-refractivity contribution in [1.29, 1.82) is 0 Å². The number of nitrogens with one attached hydrogen (secondary N) is 1. The van der Waals surface area contributed by atoms with E-state index in [9.17, 15) is 0 Å². The van der Waals surface area contributed by atoms with Crippen molar-refractivity contribution in [3.8, 4) is 0 Å². The third kappa shape index (κ3) is 2.22. The molecule has 2 nitrogen and oxygen atoms in total. The summed E-state index contributed by atoms with van der Waals surface area (Å²) in [5.74, 6) is 0. The Morgan fingerprint density at radius 2 is 2.25 bits per heavy atom. The summed E-state index contributed by atoms with van der Waals surface area (Å²) in [6.07, 6.45) is 3.61. The van der Waals surface area contributed by atoms with Crippen LogP contribution < -0.4 is 10.2 Å². The van der Waals surface area contributed by atoms with Gasteiger partial charge < -0.3 is 10.2 Å². The van der Waals surface area contributed by atoms with Gasteiger partial charge in [-0.15, -0.1) is 0 Å². The van der Waals surface area contributed by atoms with Gasteiger partial charge in [0.05, 0.1) is 0 Å². The summed E-state index contributed by atoms with van der Waals surface area (Å²) in [5.41, 5.74) is 4.43. The summed E-state index contributed by atoms with van der Waals surface area (Å²) in [6.45, 7) is 3.40. The van der Waals surface area contributed by atoms with Crippen molar-refractivity contribution in [2.45, 2.75) is 32.2 Å². The maximum Gasteiger partial charge on any atom is 0.0399 e. The second-order valence-electron chi connectivity index (χ2n) is 4.83. The Labute approximate surface area is 98.7 Å². The van der Waals surface area contributed by atoms with Gasteiger partial charge in [-0.1, -0.05) is 12.1 Å². The second kappa shape index (κ2) is 4.88. The third-order valence-corrected chi connectivity index (χ3v) is 3.59. The van der Waals surface area contributed by atoms with Crippen LogP contribution in [-0.4, -0.2) is 26.7 Å². The van der Waals surface area contributed by atoms with Crippen LogP contribution in [-0.2, 0) is 12.8 Å². The summed E-state index contributed by atoms with van der Waals surface area (Å²) in [4.78, 5) is 2.38. The van der Waals surface area contributed by atoms with Crippen molar-refractivity contribution in [3.05, 3.63) is 29.3 Å². The first-order valence-electron chi connectivity index (χ1n) is 6.21. The molecule has 0 aromatic heterocycles. The monoisotopic (exact) mass is 218 g/mol. The van der Waals surface area contributed by atoms with Crippen molar-refractivity contribution in [1.82, 2.24) is 5.32 Å². The summed E-state index contributed by atoms with van der Waals surface area (Å²) < 4.78 is 0. The maximum atomic E-state index is 3.20. The predicted octanol–water partition coefficient (Wildman–Crippen LogP) is 2.22. The van der Waals surface area contributed by atoms with Crippen molar-refractivity contribution >= 4 is 5.69 Å². The molecular formula is C14H22N2. The van der Waals surface area contributed by atoms with E-state index in [4.69, 9.17) is 0 Å². The fourth-order valence-corrected chi connectivity index (χ4v) is 2.46. The minimum absolute atomic E-state index is 0.655. The number of nitrogens with zero attached hydrogens (tertiary/aromatic N) is 1. The minimum Gasteiger partial charge on any atom is -0.371 e. The minimum atomic E-state index is 0.655. The number of likely N-dealkylation sites (N-methyl/N-ethyl adjacent to an activating group) is 1. The Balaban J connectivity index is 2.07. The van der Waals surface area contributed by atoms with Gasteiger partial charge in [-0.05, 0) is 57.0 Å². The van der Waals surface area contributed by atoms with E-state index in [1.54, 1.807) is 0 Å². The molecule has 88 valence electrons. The van der Waals surface area contributed by atoms with Crippen LogP contribution in [0.2, 0.25) is 0 Å². The van der Waals surface area contributed by atoms with Crippen LogP contribution in [0.15, 0.2) is 18.2 Å². The Morgan fingerprint density at radius 3 is 3.00 bits per heavy atom. The number of fused-ring (bicyclic) bond motifs is 1. The molecule has 1 atom stereocenters. The van der Waals surface area contributed by atoms with Gasteiger partial charge in [0, 0.05) is 18.8 Å². The third-order valence-electron chi connectivity index (χ3n) is 3.59. The average Bonchev–Trinajstić information content (AvgIpc) is 2.55. The Bertz CT molecular complexity index is 360. The van der Waals surface area contributed by atoms with Gasteiger partial charge >= 0.3 is 0 Å². The quantitative estimate of drug-likeness (QED) is 0.780. The van der Waals surface area contributed by atoms with Crippen molar-refractivity contribution in [2.75, 3.05) is 25.5 Å². The molecular weight excluding hydrogens is 196 g/mol. The molecule has 0 spiro atoms. The first-order chi connectivity index (χ1) is 7.72. The highest BCUT2D eigenvalue weighted by Crippen LogP contribution is 2.31. The van der Waals surface area contributed by atoms with Crippen LogP contribution >= 0.6 is 0 Å². The van der Waals surface area contributed by atoms with Gasteiger partial charge in [0.25, 0.3) is 0 Å². The number of hydrogen-bond acceptors (Lipinski definition) is 2. The van der Waals surface area contributed by atoms with E-state index < -0.39 is 0 Å². The summed E-state index contributed by atoms with van der Waals surface area (Å²) in [5, 5.41) is 3.20.